The number of pyridine rings is 3. The van der Waals surface area contributed by atoms with Crippen LogP contribution in [0.4, 0.5) is 0 Å². The Balaban J connectivity index is 0.000000926. The lowest BCUT2D eigenvalue weighted by Gasteiger charge is -2.02. The molecule has 9 aromatic rings. The minimum atomic E-state index is 0.408. The third-order valence-corrected chi connectivity index (χ3v) is 8.92. The van der Waals surface area contributed by atoms with Gasteiger partial charge in [-0.2, -0.15) is 25.3 Å². The van der Waals surface area contributed by atoms with E-state index in [0.717, 1.165) is 71.9 Å². The Kier molecular flexibility index (Phi) is 34.5. The van der Waals surface area contributed by atoms with Crippen molar-refractivity contribution in [2.75, 3.05) is 0 Å². The Labute approximate surface area is 433 Å². The summed E-state index contributed by atoms with van der Waals surface area (Å²) in [6.07, 6.45) is 15.5. The molecule has 0 saturated heterocycles. The minimum absolute atomic E-state index is 0.408. The van der Waals surface area contributed by atoms with E-state index in [1.54, 1.807) is 46.2 Å². The molecule has 0 fully saturated rings. The van der Waals surface area contributed by atoms with E-state index in [4.69, 9.17) is 5.26 Å². The van der Waals surface area contributed by atoms with Crippen molar-refractivity contribution in [1.29, 1.82) is 5.26 Å². The van der Waals surface area contributed by atoms with E-state index in [2.05, 4.69) is 57.3 Å². The Hall–Kier alpha value is -7.97. The summed E-state index contributed by atoms with van der Waals surface area (Å²) >= 11 is 0. The second-order valence-electron chi connectivity index (χ2n) is 13.7. The van der Waals surface area contributed by atoms with E-state index in [-0.39, 0.29) is 0 Å². The van der Waals surface area contributed by atoms with E-state index in [1.165, 1.54) is 18.8 Å². The van der Waals surface area contributed by atoms with Crippen molar-refractivity contribution in [2.24, 2.45) is 21.1 Å². The molecule has 382 valence electrons. The molecular weight excluding hydrogens is 889 g/mol. The molecule has 0 aliphatic rings. The number of benzene rings is 3. The first-order valence-corrected chi connectivity index (χ1v) is 25.5. The van der Waals surface area contributed by atoms with Crippen molar-refractivity contribution in [3.63, 3.8) is 0 Å². The van der Waals surface area contributed by atoms with Crippen molar-refractivity contribution < 1.29 is 4.73 Å². The molecule has 0 bridgehead atoms. The molecule has 0 N–H and O–H groups in total. The molecule has 0 saturated carbocycles. The normalized spacial score (nSPS) is 9.00. The van der Waals surface area contributed by atoms with Gasteiger partial charge in [-0.25, -0.2) is 4.98 Å². The quantitative estimate of drug-likeness (QED) is 0.120. The van der Waals surface area contributed by atoms with Gasteiger partial charge in [-0.1, -0.05) is 194 Å². The van der Waals surface area contributed by atoms with Gasteiger partial charge in [0.1, 0.15) is 28.8 Å². The summed E-state index contributed by atoms with van der Waals surface area (Å²) in [5, 5.41) is 33.7. The van der Waals surface area contributed by atoms with Crippen LogP contribution in [0.5, 0.6) is 0 Å². The Morgan fingerprint density at radius 2 is 0.750 bits per heavy atom. The van der Waals surface area contributed by atoms with Crippen LogP contribution in [-0.4, -0.2) is 39.3 Å². The molecule has 11 nitrogen and oxygen atoms in total. The topological polar surface area (TPSA) is 130 Å². The number of hydrogen-bond donors (Lipinski definition) is 0. The fraction of sp³-hybridized carbons (Fsp3) is 0.295. The standard InChI is InChI=1S/C16H12N4.C15H13N3O.C15H13N3.C3H8.6C2H6/c1-20-11-15(13-7-8-18-14(9-13)10-17)16(19-20)12-5-3-2-4-6-12;1-17-11-14(12-7-9-18(19)10-8-12)15(16-17)13-5-3-2-4-6-13;1-18-11-14(12-7-9-16-10-8-12)15(17-18)13-5-3-2-4-6-13;1-3-2;6*1-2/h2-9,11H,1H3;2-11H,1H3;2-11H,1H3;3H2,1-2H3;6*1-2H3. The highest BCUT2D eigenvalue weighted by atomic mass is 16.5. The van der Waals surface area contributed by atoms with Gasteiger partial charge in [0.05, 0.1) is 0 Å². The van der Waals surface area contributed by atoms with Crippen LogP contribution in [0.2, 0.25) is 0 Å². The number of aromatic nitrogens is 9. The molecule has 6 heterocycles. The maximum Gasteiger partial charge on any atom is 0.180 e. The smallest absolute Gasteiger partial charge is 0.180 e. The Bertz CT molecular complexity index is 2680. The second kappa shape index (κ2) is 38.8. The first-order chi connectivity index (χ1) is 35.3. The summed E-state index contributed by atoms with van der Waals surface area (Å²) in [4.78, 5) is 8.06. The molecular formula is C61H82N10O. The average Bonchev–Trinajstić information content (AvgIpc) is 4.19. The number of aryl methyl sites for hydroxylation is 3. The molecule has 6 aromatic heterocycles. The van der Waals surface area contributed by atoms with E-state index >= 15 is 0 Å². The third-order valence-electron chi connectivity index (χ3n) is 8.92. The Morgan fingerprint density at radius 3 is 1.08 bits per heavy atom. The van der Waals surface area contributed by atoms with Crippen LogP contribution in [-0.2, 0) is 21.1 Å². The predicted octanol–water partition coefficient (Wildman–Crippen LogP) is 16.1. The highest BCUT2D eigenvalue weighted by Crippen LogP contribution is 2.32. The molecule has 0 aliphatic carbocycles. The van der Waals surface area contributed by atoms with Gasteiger partial charge in [-0.15, -0.1) is 0 Å². The molecule has 0 spiro atoms. The largest absolute Gasteiger partial charge is 0.619 e. The SMILES string of the molecule is CC.CC.CC.CC.CC.CC.CCC.Cn1cc(-c2cc[n+]([O-])cc2)c(-c2ccccc2)n1.Cn1cc(-c2ccnc(C#N)c2)c(-c2ccccc2)n1.Cn1cc(-c2ccncc2)c(-c2ccccc2)n1. The molecule has 72 heavy (non-hydrogen) atoms. The van der Waals surface area contributed by atoms with Crippen LogP contribution in [0.1, 0.15) is 109 Å². The van der Waals surface area contributed by atoms with E-state index in [9.17, 15) is 5.21 Å². The van der Waals surface area contributed by atoms with Crippen molar-refractivity contribution >= 4 is 0 Å². The molecule has 0 atom stereocenters. The van der Waals surface area contributed by atoms with Crippen molar-refractivity contribution in [2.45, 2.75) is 103 Å². The maximum absolute atomic E-state index is 11.1. The van der Waals surface area contributed by atoms with E-state index in [1.807, 2.05) is 225 Å². The predicted molar refractivity (Wildman–Crippen MR) is 306 cm³/mol. The first-order valence-electron chi connectivity index (χ1n) is 25.5. The number of hydrogen-bond acceptors (Lipinski definition) is 7. The summed E-state index contributed by atoms with van der Waals surface area (Å²) in [7, 11) is 5.73. The summed E-state index contributed by atoms with van der Waals surface area (Å²) in [6, 6.07) is 43.6. The van der Waals surface area contributed by atoms with Gasteiger partial charge in [-0.3, -0.25) is 19.0 Å². The van der Waals surface area contributed by atoms with E-state index in [0.29, 0.717) is 5.69 Å². The van der Waals surface area contributed by atoms with Crippen LogP contribution in [0.25, 0.3) is 67.2 Å². The van der Waals surface area contributed by atoms with Crippen LogP contribution in [0, 0.1) is 16.5 Å². The second-order valence-corrected chi connectivity index (χ2v) is 13.7. The third kappa shape index (κ3) is 20.6. The fourth-order valence-electron chi connectivity index (χ4n) is 6.31. The fourth-order valence-corrected chi connectivity index (χ4v) is 6.31. The van der Waals surface area contributed by atoms with Crippen LogP contribution in [0.15, 0.2) is 177 Å². The highest BCUT2D eigenvalue weighted by molar-refractivity contribution is 5.82. The van der Waals surface area contributed by atoms with Crippen molar-refractivity contribution in [3.05, 3.63) is 188 Å². The van der Waals surface area contributed by atoms with Gasteiger partial charge in [0, 0.05) is 104 Å². The van der Waals surface area contributed by atoms with Gasteiger partial charge in [-0.05, 0) is 41.0 Å². The summed E-state index contributed by atoms with van der Waals surface area (Å²) in [6.45, 7) is 28.2. The summed E-state index contributed by atoms with van der Waals surface area (Å²) < 4.78 is 6.19. The minimum Gasteiger partial charge on any atom is -0.619 e. The average molecular weight is 971 g/mol. The van der Waals surface area contributed by atoms with Gasteiger partial charge >= 0.3 is 0 Å². The highest BCUT2D eigenvalue weighted by Gasteiger charge is 2.14. The zero-order valence-electron chi connectivity index (χ0n) is 46.3. The van der Waals surface area contributed by atoms with Crippen molar-refractivity contribution in [3.8, 4) is 73.2 Å². The summed E-state index contributed by atoms with van der Waals surface area (Å²) in [5.74, 6) is 0. The lowest BCUT2D eigenvalue weighted by Crippen LogP contribution is -2.23. The maximum atomic E-state index is 11.1. The van der Waals surface area contributed by atoms with Crippen LogP contribution >= 0.6 is 0 Å². The molecule has 3 aromatic carbocycles. The summed E-state index contributed by atoms with van der Waals surface area (Å²) in [5.41, 5.74) is 12.7. The molecule has 11 heteroatoms. The van der Waals surface area contributed by atoms with Crippen molar-refractivity contribution in [1.82, 2.24) is 39.3 Å². The number of rotatable bonds is 6. The molecule has 0 amide bonds. The zero-order valence-corrected chi connectivity index (χ0v) is 46.3. The molecule has 0 aliphatic heterocycles. The van der Waals surface area contributed by atoms with Crippen LogP contribution in [0.3, 0.4) is 0 Å². The monoisotopic (exact) mass is 971 g/mol. The van der Waals surface area contributed by atoms with Crippen LogP contribution < -0.4 is 4.73 Å². The van der Waals surface area contributed by atoms with Gasteiger partial charge in [0.15, 0.2) is 12.4 Å². The van der Waals surface area contributed by atoms with Gasteiger partial charge in [0.25, 0.3) is 0 Å². The van der Waals surface area contributed by atoms with Gasteiger partial charge in [0.2, 0.25) is 0 Å². The Morgan fingerprint density at radius 1 is 0.444 bits per heavy atom. The van der Waals surface area contributed by atoms with E-state index < -0.39 is 0 Å². The zero-order chi connectivity index (χ0) is 54.3. The molecule has 0 unspecified atom stereocenters. The number of nitriles is 1. The lowest BCUT2D eigenvalue weighted by molar-refractivity contribution is -0.605. The molecule has 9 rings (SSSR count). The first kappa shape index (κ1) is 64.0. The lowest BCUT2D eigenvalue weighted by atomic mass is 10.0. The number of nitrogens with zero attached hydrogens (tertiary/aromatic N) is 10. The van der Waals surface area contributed by atoms with Gasteiger partial charge < -0.3 is 5.21 Å². The molecule has 0 radical (unpaired) electrons.